The number of hydrogen-bond acceptors (Lipinski definition) is 4. The number of aryl methyl sites for hydroxylation is 2. The Morgan fingerprint density at radius 1 is 0.963 bits per heavy atom. The fourth-order valence-corrected chi connectivity index (χ4v) is 4.20. The zero-order valence-corrected chi connectivity index (χ0v) is 16.5. The van der Waals surface area contributed by atoms with Crippen molar-refractivity contribution < 1.29 is 8.42 Å². The molecule has 0 aliphatic carbocycles. The van der Waals surface area contributed by atoms with Gasteiger partial charge in [0, 0.05) is 20.6 Å². The molecule has 3 aromatic rings. The molecule has 0 amide bonds. The van der Waals surface area contributed by atoms with Crippen LogP contribution in [0.15, 0.2) is 47.3 Å². The summed E-state index contributed by atoms with van der Waals surface area (Å²) in [5, 5.41) is 3.29. The van der Waals surface area contributed by atoms with Gasteiger partial charge in [-0.2, -0.15) is 0 Å². The van der Waals surface area contributed by atoms with E-state index in [2.05, 4.69) is 10.0 Å². The average molecular weight is 388 g/mol. The van der Waals surface area contributed by atoms with Crippen molar-refractivity contribution in [2.75, 3.05) is 15.8 Å². The van der Waals surface area contributed by atoms with E-state index in [1.807, 2.05) is 43.3 Å². The number of nitrogens with one attached hydrogen (secondary N) is 2. The first kappa shape index (κ1) is 19.0. The van der Waals surface area contributed by atoms with Crippen LogP contribution in [0, 0.1) is 0 Å². The topological polar surface area (TPSA) is 85.1 Å². The lowest BCUT2D eigenvalue weighted by Crippen LogP contribution is -2.19. The maximum absolute atomic E-state index is 12.3. The highest BCUT2D eigenvalue weighted by molar-refractivity contribution is 7.92. The average Bonchev–Trinajstić information content (AvgIpc) is 2.84. The van der Waals surface area contributed by atoms with Crippen LogP contribution in [0.25, 0.3) is 11.0 Å². The molecule has 1 aromatic heterocycles. The van der Waals surface area contributed by atoms with E-state index in [9.17, 15) is 13.2 Å². The van der Waals surface area contributed by atoms with E-state index in [4.69, 9.17) is 0 Å². The standard InChI is InChI=1S/C19H24N4O3S/c1-4-10-27(25,26)21-16-12-18-17(22(2)19(24)23(18)3)11-15(16)20-13-14-8-6-5-7-9-14/h5-9,11-12,20-21H,4,10,13H2,1-3H3. The molecule has 27 heavy (non-hydrogen) atoms. The van der Waals surface area contributed by atoms with Crippen molar-refractivity contribution in [3.63, 3.8) is 0 Å². The summed E-state index contributed by atoms with van der Waals surface area (Å²) >= 11 is 0. The number of sulfonamides is 1. The quantitative estimate of drug-likeness (QED) is 0.652. The summed E-state index contributed by atoms with van der Waals surface area (Å²) in [6.07, 6.45) is 0.522. The third-order valence-corrected chi connectivity index (χ3v) is 5.95. The van der Waals surface area contributed by atoms with Crippen molar-refractivity contribution >= 4 is 32.4 Å². The summed E-state index contributed by atoms with van der Waals surface area (Å²) in [5.41, 5.74) is 3.38. The van der Waals surface area contributed by atoms with E-state index in [0.29, 0.717) is 29.9 Å². The molecule has 0 aliphatic heterocycles. The molecule has 0 bridgehead atoms. The first-order chi connectivity index (χ1) is 12.8. The van der Waals surface area contributed by atoms with Gasteiger partial charge >= 0.3 is 5.69 Å². The smallest absolute Gasteiger partial charge is 0.328 e. The van der Waals surface area contributed by atoms with Gasteiger partial charge in [-0.15, -0.1) is 0 Å². The predicted molar refractivity (Wildman–Crippen MR) is 110 cm³/mol. The second-order valence-electron chi connectivity index (χ2n) is 6.55. The minimum Gasteiger partial charge on any atom is -0.379 e. The van der Waals surface area contributed by atoms with Gasteiger partial charge in [0.15, 0.2) is 0 Å². The molecule has 3 rings (SSSR count). The highest BCUT2D eigenvalue weighted by Gasteiger charge is 2.16. The van der Waals surface area contributed by atoms with Gasteiger partial charge in [0.2, 0.25) is 10.0 Å². The zero-order valence-electron chi connectivity index (χ0n) is 15.7. The molecule has 8 heteroatoms. The summed E-state index contributed by atoms with van der Waals surface area (Å²) < 4.78 is 30.3. The number of fused-ring (bicyclic) bond motifs is 1. The normalized spacial score (nSPS) is 11.7. The largest absolute Gasteiger partial charge is 0.379 e. The molecule has 0 saturated heterocycles. The van der Waals surface area contributed by atoms with Crippen LogP contribution in [-0.4, -0.2) is 23.3 Å². The molecular formula is C19H24N4O3S. The van der Waals surface area contributed by atoms with E-state index >= 15 is 0 Å². The van der Waals surface area contributed by atoms with Gasteiger partial charge in [0.25, 0.3) is 0 Å². The molecule has 0 unspecified atom stereocenters. The summed E-state index contributed by atoms with van der Waals surface area (Å²) in [4.78, 5) is 12.2. The maximum atomic E-state index is 12.3. The number of benzene rings is 2. The zero-order chi connectivity index (χ0) is 19.6. The summed E-state index contributed by atoms with van der Waals surface area (Å²) in [7, 11) is -0.0855. The molecular weight excluding hydrogens is 364 g/mol. The second-order valence-corrected chi connectivity index (χ2v) is 8.39. The molecule has 2 aromatic carbocycles. The van der Waals surface area contributed by atoms with Crippen molar-refractivity contribution in [3.8, 4) is 0 Å². The molecule has 0 spiro atoms. The number of anilines is 2. The lowest BCUT2D eigenvalue weighted by atomic mass is 10.2. The molecule has 7 nitrogen and oxygen atoms in total. The van der Waals surface area contributed by atoms with Gasteiger partial charge in [-0.05, 0) is 24.1 Å². The van der Waals surface area contributed by atoms with Gasteiger partial charge in [-0.1, -0.05) is 37.3 Å². The Morgan fingerprint density at radius 2 is 1.56 bits per heavy atom. The molecule has 0 atom stereocenters. The highest BCUT2D eigenvalue weighted by Crippen LogP contribution is 2.29. The number of hydrogen-bond donors (Lipinski definition) is 2. The van der Waals surface area contributed by atoms with Gasteiger partial charge in [-0.3, -0.25) is 13.9 Å². The fourth-order valence-electron chi connectivity index (χ4n) is 3.06. The monoisotopic (exact) mass is 388 g/mol. The van der Waals surface area contributed by atoms with Crippen LogP contribution in [0.1, 0.15) is 18.9 Å². The van der Waals surface area contributed by atoms with Crippen molar-refractivity contribution in [1.29, 1.82) is 0 Å². The summed E-state index contributed by atoms with van der Waals surface area (Å²) in [6.45, 7) is 2.35. The Kier molecular flexibility index (Phi) is 5.27. The van der Waals surface area contributed by atoms with Crippen molar-refractivity contribution in [3.05, 3.63) is 58.5 Å². The molecule has 1 heterocycles. The van der Waals surface area contributed by atoms with E-state index in [1.165, 1.54) is 4.57 Å². The number of nitrogens with zero attached hydrogens (tertiary/aromatic N) is 2. The molecule has 0 aliphatic rings. The molecule has 0 fully saturated rings. The Bertz CT molecular complexity index is 1120. The molecule has 0 saturated carbocycles. The minimum absolute atomic E-state index is 0.0386. The third-order valence-electron chi connectivity index (χ3n) is 4.48. The first-order valence-corrected chi connectivity index (χ1v) is 10.5. The minimum atomic E-state index is -3.46. The molecule has 0 radical (unpaired) electrons. The highest BCUT2D eigenvalue weighted by atomic mass is 32.2. The van der Waals surface area contributed by atoms with Gasteiger partial charge < -0.3 is 5.32 Å². The molecule has 2 N–H and O–H groups in total. The predicted octanol–water partition coefficient (Wildman–Crippen LogP) is 2.64. The van der Waals surface area contributed by atoms with Crippen LogP contribution in [0.2, 0.25) is 0 Å². The van der Waals surface area contributed by atoms with Crippen LogP contribution in [0.4, 0.5) is 11.4 Å². The number of imidazole rings is 1. The number of rotatable bonds is 7. The van der Waals surface area contributed by atoms with Gasteiger partial charge in [-0.25, -0.2) is 13.2 Å². The van der Waals surface area contributed by atoms with E-state index < -0.39 is 10.0 Å². The van der Waals surface area contributed by atoms with E-state index in [1.54, 1.807) is 24.7 Å². The Morgan fingerprint density at radius 3 is 2.15 bits per heavy atom. The Hall–Kier alpha value is -2.74. The van der Waals surface area contributed by atoms with E-state index in [0.717, 1.165) is 11.1 Å². The summed E-state index contributed by atoms with van der Waals surface area (Å²) in [6, 6.07) is 13.3. The lowest BCUT2D eigenvalue weighted by Gasteiger charge is -2.15. The van der Waals surface area contributed by atoms with Gasteiger partial charge in [0.1, 0.15) is 0 Å². The fraction of sp³-hybridized carbons (Fsp3) is 0.316. The van der Waals surface area contributed by atoms with Crippen molar-refractivity contribution in [2.24, 2.45) is 14.1 Å². The maximum Gasteiger partial charge on any atom is 0.328 e. The summed E-state index contributed by atoms with van der Waals surface area (Å²) in [5.74, 6) is 0.0386. The van der Waals surface area contributed by atoms with Crippen LogP contribution in [0.5, 0.6) is 0 Å². The Labute approximate surface area is 158 Å². The number of aromatic nitrogens is 2. The van der Waals surface area contributed by atoms with E-state index in [-0.39, 0.29) is 11.4 Å². The van der Waals surface area contributed by atoms with Crippen LogP contribution in [-0.2, 0) is 30.7 Å². The molecule has 144 valence electrons. The van der Waals surface area contributed by atoms with Crippen LogP contribution >= 0.6 is 0 Å². The van der Waals surface area contributed by atoms with Crippen LogP contribution in [0.3, 0.4) is 0 Å². The van der Waals surface area contributed by atoms with Crippen molar-refractivity contribution in [1.82, 2.24) is 9.13 Å². The first-order valence-electron chi connectivity index (χ1n) is 8.80. The third kappa shape index (κ3) is 4.00. The van der Waals surface area contributed by atoms with Crippen LogP contribution < -0.4 is 15.7 Å². The van der Waals surface area contributed by atoms with Gasteiger partial charge in [0.05, 0.1) is 28.2 Å². The SMILES string of the molecule is CCCS(=O)(=O)Nc1cc2c(cc1NCc1ccccc1)n(C)c(=O)n2C. The second kappa shape index (κ2) is 7.48. The lowest BCUT2D eigenvalue weighted by molar-refractivity contribution is 0.600. The van der Waals surface area contributed by atoms with Crippen molar-refractivity contribution in [2.45, 2.75) is 19.9 Å². The Balaban J connectivity index is 2.06.